The van der Waals surface area contributed by atoms with E-state index in [-0.39, 0.29) is 9.79 Å². The number of quaternary nitrogens is 2. The number of fused-ring (bicyclic) bond motifs is 2. The lowest BCUT2D eigenvalue weighted by atomic mass is 10.1. The third-order valence-corrected chi connectivity index (χ3v) is 13.7. The highest BCUT2D eigenvalue weighted by Gasteiger charge is 2.26. The molecule has 0 atom stereocenters. The first-order valence-electron chi connectivity index (χ1n) is 15.9. The molecule has 0 spiro atoms. The summed E-state index contributed by atoms with van der Waals surface area (Å²) in [7, 11) is 8.98. The Labute approximate surface area is 294 Å². The summed E-state index contributed by atoms with van der Waals surface area (Å²) in [6.07, 6.45) is 7.59. The van der Waals surface area contributed by atoms with Gasteiger partial charge in [-0.3, -0.25) is 0 Å². The normalized spacial score (nSPS) is 17.8. The maximum atomic E-state index is 13.0. The predicted molar refractivity (Wildman–Crippen MR) is 196 cm³/mol. The van der Waals surface area contributed by atoms with Gasteiger partial charge >= 0.3 is 0 Å². The number of nitrogens with one attached hydrogen (secondary N) is 2. The molecule has 3 aromatic rings. The molecule has 0 amide bonds. The molecule has 0 saturated heterocycles. The third kappa shape index (κ3) is 8.41. The lowest BCUT2D eigenvalue weighted by Crippen LogP contribution is -2.41. The quantitative estimate of drug-likeness (QED) is 0.166. The highest BCUT2D eigenvalue weighted by molar-refractivity contribution is 8.03. The van der Waals surface area contributed by atoms with Crippen LogP contribution in [0.3, 0.4) is 0 Å². The molecule has 48 heavy (non-hydrogen) atoms. The Morgan fingerprint density at radius 3 is 2.08 bits per heavy atom. The second kappa shape index (κ2) is 13.6. The Kier molecular flexibility index (Phi) is 10.4. The molecule has 0 bridgehead atoms. The first-order chi connectivity index (χ1) is 22.2. The van der Waals surface area contributed by atoms with Crippen LogP contribution < -0.4 is 18.9 Å². The molecule has 5 rings (SSSR count). The van der Waals surface area contributed by atoms with E-state index in [4.69, 9.17) is 0 Å². The fraction of sp³-hybridized carbons (Fsp3) is 0.441. The topological polar surface area (TPSA) is 99.5 Å². The molecule has 2 heterocycles. The van der Waals surface area contributed by atoms with Gasteiger partial charge in [-0.25, -0.2) is 36.4 Å². The number of hydrogen-bond donors (Lipinski definition) is 2. The second-order valence-electron chi connectivity index (χ2n) is 14.4. The molecule has 260 valence electrons. The third-order valence-electron chi connectivity index (χ3n) is 8.55. The summed E-state index contributed by atoms with van der Waals surface area (Å²) < 4.78 is 61.8. The molecule has 0 unspecified atom stereocenters. The number of allylic oxidation sites excluding steroid dienone is 4. The summed E-state index contributed by atoms with van der Waals surface area (Å²) >= 11 is 3.12. The fourth-order valence-electron chi connectivity index (χ4n) is 5.50. The maximum Gasteiger partial charge on any atom is 0.240 e. The Hall–Kier alpha value is -2.56. The smallest absolute Gasteiger partial charge is 0.240 e. The second-order valence-corrected chi connectivity index (χ2v) is 20.1. The number of anilines is 1. The highest BCUT2D eigenvalue weighted by Crippen LogP contribution is 2.47. The molecule has 2 N–H and O–H groups in total. The Morgan fingerprint density at radius 2 is 1.48 bits per heavy atom. The average molecular weight is 733 g/mol. The SMILES string of the molecule is CC1=C(/C=C2\Sc3cc(S(=O)(=O)NCC[N+](C)(C)C)ccc3N2C)CCC1=[C-]c1sc2cc(S(=O)(=O)NCC[N+](C)(C)C)ccc2[n+]1C. The van der Waals surface area contributed by atoms with Gasteiger partial charge < -0.3 is 13.9 Å². The predicted octanol–water partition coefficient (Wildman–Crippen LogP) is 3.97. The van der Waals surface area contributed by atoms with E-state index in [0.29, 0.717) is 35.1 Å². The lowest BCUT2D eigenvalue weighted by molar-refractivity contribution is -0.869. The number of thiazole rings is 1. The number of sulfonamides is 2. The molecule has 0 fully saturated rings. The van der Waals surface area contributed by atoms with E-state index in [9.17, 15) is 16.8 Å². The van der Waals surface area contributed by atoms with E-state index < -0.39 is 20.0 Å². The van der Waals surface area contributed by atoms with Gasteiger partial charge in [-0.1, -0.05) is 29.5 Å². The van der Waals surface area contributed by atoms with Gasteiger partial charge in [0.15, 0.2) is 5.01 Å². The molecule has 2 aromatic carbocycles. The number of hydrogen-bond acceptors (Lipinski definition) is 7. The summed E-state index contributed by atoms with van der Waals surface area (Å²) in [4.78, 5) is 3.57. The molecule has 10 nitrogen and oxygen atoms in total. The van der Waals surface area contributed by atoms with Crippen LogP contribution in [0.4, 0.5) is 5.69 Å². The van der Waals surface area contributed by atoms with Crippen molar-refractivity contribution in [1.82, 2.24) is 9.44 Å². The number of likely N-dealkylation sites (N-methyl/N-ethyl adjacent to an activating group) is 2. The number of aryl methyl sites for hydroxylation is 1. The Balaban J connectivity index is 1.33. The van der Waals surface area contributed by atoms with Crippen molar-refractivity contribution in [2.45, 2.75) is 34.5 Å². The molecular formula is C34H48N6O4S4+2. The van der Waals surface area contributed by atoms with Crippen LogP contribution in [0.2, 0.25) is 0 Å². The largest absolute Gasteiger partial charge is 0.338 e. The number of benzene rings is 2. The van der Waals surface area contributed by atoms with E-state index >= 15 is 0 Å². The first-order valence-corrected chi connectivity index (χ1v) is 20.5. The number of nitrogens with zero attached hydrogens (tertiary/aromatic N) is 4. The summed E-state index contributed by atoms with van der Waals surface area (Å²) in [5.74, 6) is 0. The van der Waals surface area contributed by atoms with Crippen LogP contribution in [-0.2, 0) is 27.1 Å². The molecule has 2 aliphatic rings. The van der Waals surface area contributed by atoms with Gasteiger partial charge in [0.25, 0.3) is 0 Å². The van der Waals surface area contributed by atoms with Crippen molar-refractivity contribution >= 4 is 59.0 Å². The molecule has 0 saturated carbocycles. The van der Waals surface area contributed by atoms with Crippen molar-refractivity contribution in [2.75, 3.05) is 80.4 Å². The number of aromatic nitrogens is 1. The van der Waals surface area contributed by atoms with Crippen LogP contribution in [0.25, 0.3) is 10.2 Å². The highest BCUT2D eigenvalue weighted by atomic mass is 32.2. The minimum Gasteiger partial charge on any atom is -0.338 e. The van der Waals surface area contributed by atoms with Gasteiger partial charge in [-0.15, -0.1) is 12.5 Å². The van der Waals surface area contributed by atoms with Crippen molar-refractivity contribution in [3.63, 3.8) is 0 Å². The van der Waals surface area contributed by atoms with Gasteiger partial charge in [0.05, 0.1) is 89.0 Å². The van der Waals surface area contributed by atoms with Crippen LogP contribution >= 0.6 is 23.1 Å². The lowest BCUT2D eigenvalue weighted by Gasteiger charge is -2.23. The number of rotatable bonds is 12. The molecule has 1 aliphatic carbocycles. The minimum atomic E-state index is -3.61. The Morgan fingerprint density at radius 1 is 0.896 bits per heavy atom. The summed E-state index contributed by atoms with van der Waals surface area (Å²) in [6.45, 7) is 4.25. The van der Waals surface area contributed by atoms with E-state index in [2.05, 4.69) is 38.0 Å². The van der Waals surface area contributed by atoms with E-state index in [1.165, 1.54) is 22.5 Å². The summed E-state index contributed by atoms with van der Waals surface area (Å²) in [6, 6.07) is 10.6. The van der Waals surface area contributed by atoms with Crippen LogP contribution in [0.15, 0.2) is 78.9 Å². The summed E-state index contributed by atoms with van der Waals surface area (Å²) in [5.41, 5.74) is 5.49. The van der Waals surface area contributed by atoms with E-state index in [0.717, 1.165) is 49.3 Å². The van der Waals surface area contributed by atoms with Crippen LogP contribution in [0.1, 0.15) is 24.8 Å². The molecule has 14 heteroatoms. The van der Waals surface area contributed by atoms with Crippen LogP contribution in [-0.4, -0.2) is 101 Å². The van der Waals surface area contributed by atoms with Gasteiger partial charge in [-0.05, 0) is 42.8 Å². The molecule has 1 aromatic heterocycles. The van der Waals surface area contributed by atoms with Gasteiger partial charge in [0, 0.05) is 18.0 Å². The molecule has 1 aliphatic heterocycles. The van der Waals surface area contributed by atoms with Crippen molar-refractivity contribution in [3.05, 3.63) is 75.3 Å². The zero-order chi connectivity index (χ0) is 35.2. The van der Waals surface area contributed by atoms with E-state index in [1.807, 2.05) is 68.5 Å². The summed E-state index contributed by atoms with van der Waals surface area (Å²) in [5, 5.41) is 1.98. The maximum absolute atomic E-state index is 13.0. The fourth-order valence-corrected chi connectivity index (χ4v) is 10.0. The molecular weight excluding hydrogens is 685 g/mol. The minimum absolute atomic E-state index is 0.267. The van der Waals surface area contributed by atoms with Gasteiger partial charge in [0.1, 0.15) is 11.7 Å². The van der Waals surface area contributed by atoms with Crippen LogP contribution in [0.5, 0.6) is 0 Å². The van der Waals surface area contributed by atoms with Crippen molar-refractivity contribution in [1.29, 1.82) is 0 Å². The Bertz CT molecular complexity index is 2050. The molecule has 0 radical (unpaired) electrons. The van der Waals surface area contributed by atoms with Crippen molar-refractivity contribution in [3.8, 4) is 0 Å². The zero-order valence-electron chi connectivity index (χ0n) is 29.3. The standard InChI is InChI=1S/C34H48N6O4S4/c1-24-25(20-33-37(2)29-14-12-27(22-31(29)45-33)47(41,42)35-16-18-39(4,5)6)10-11-26(24)21-34-38(3)30-15-13-28(23-32(30)46-34)48(43,44)36-17-19-40(7,8)9/h12-15,20,22-23,35-36H,10-11,16-19H2,1-9H3/q+2. The van der Waals surface area contributed by atoms with Crippen molar-refractivity contribution < 1.29 is 30.4 Å². The van der Waals surface area contributed by atoms with Crippen LogP contribution in [0, 0.1) is 6.08 Å². The number of thioether (sulfide) groups is 1. The average Bonchev–Trinajstić information content (AvgIpc) is 3.59. The van der Waals surface area contributed by atoms with Crippen molar-refractivity contribution in [2.24, 2.45) is 7.05 Å². The zero-order valence-corrected chi connectivity index (χ0v) is 32.6. The first kappa shape index (κ1) is 36.7. The van der Waals surface area contributed by atoms with E-state index in [1.54, 1.807) is 36.0 Å². The van der Waals surface area contributed by atoms with Gasteiger partial charge in [0.2, 0.25) is 25.6 Å². The monoisotopic (exact) mass is 732 g/mol. The van der Waals surface area contributed by atoms with Gasteiger partial charge in [-0.2, -0.15) is 11.6 Å².